The molecule has 0 spiro atoms. The van der Waals surface area contributed by atoms with Crippen LogP contribution in [0, 0.1) is 0 Å². The zero-order chi connectivity index (χ0) is 15.8. The van der Waals surface area contributed by atoms with Crippen LogP contribution in [-0.2, 0) is 17.6 Å². The van der Waals surface area contributed by atoms with Gasteiger partial charge in [0.15, 0.2) is 0 Å². The minimum atomic E-state index is -0.347. The zero-order valence-corrected chi connectivity index (χ0v) is 12.7. The highest BCUT2D eigenvalue weighted by Crippen LogP contribution is 2.34. The largest absolute Gasteiger partial charge is 0.461 e. The van der Waals surface area contributed by atoms with Gasteiger partial charge in [0.2, 0.25) is 0 Å². The van der Waals surface area contributed by atoms with Crippen LogP contribution in [0.25, 0.3) is 16.9 Å². The molecule has 2 heterocycles. The second-order valence-electron chi connectivity index (χ2n) is 5.40. The van der Waals surface area contributed by atoms with Crippen molar-refractivity contribution in [1.29, 1.82) is 0 Å². The Kier molecular flexibility index (Phi) is 3.22. The third-order valence-electron chi connectivity index (χ3n) is 4.08. The number of benzene rings is 1. The van der Waals surface area contributed by atoms with Gasteiger partial charge in [0, 0.05) is 11.1 Å². The highest BCUT2D eigenvalue weighted by atomic mass is 16.5. The second-order valence-corrected chi connectivity index (χ2v) is 5.40. The van der Waals surface area contributed by atoms with Crippen LogP contribution >= 0.6 is 0 Å². The Morgan fingerprint density at radius 2 is 2.13 bits per heavy atom. The molecule has 6 heteroatoms. The number of esters is 1. The highest BCUT2D eigenvalue weighted by Gasteiger charge is 2.28. The SMILES string of the molecule is CCOC(=O)c1[nH]nc2c1CCc1c-2cnn1-c1ccccc1. The Morgan fingerprint density at radius 1 is 1.30 bits per heavy atom. The van der Waals surface area contributed by atoms with Crippen LogP contribution in [0.15, 0.2) is 36.5 Å². The molecule has 0 atom stereocenters. The molecule has 1 aliphatic rings. The number of ether oxygens (including phenoxy) is 1. The lowest BCUT2D eigenvalue weighted by molar-refractivity contribution is 0.0518. The molecule has 0 amide bonds. The Bertz CT molecular complexity index is 864. The average molecular weight is 308 g/mol. The average Bonchev–Trinajstić information content (AvgIpc) is 3.19. The second kappa shape index (κ2) is 5.39. The fraction of sp³-hybridized carbons (Fsp3) is 0.235. The van der Waals surface area contributed by atoms with E-state index in [2.05, 4.69) is 15.3 Å². The van der Waals surface area contributed by atoms with E-state index in [0.717, 1.165) is 41.0 Å². The number of H-pyrrole nitrogens is 1. The van der Waals surface area contributed by atoms with Gasteiger partial charge in [-0.25, -0.2) is 9.48 Å². The summed E-state index contributed by atoms with van der Waals surface area (Å²) in [5, 5.41) is 11.7. The number of hydrogen-bond acceptors (Lipinski definition) is 4. The van der Waals surface area contributed by atoms with Crippen molar-refractivity contribution < 1.29 is 9.53 Å². The van der Waals surface area contributed by atoms with Gasteiger partial charge in [-0.2, -0.15) is 10.2 Å². The number of hydrogen-bond donors (Lipinski definition) is 1. The molecule has 3 aromatic rings. The fourth-order valence-electron chi connectivity index (χ4n) is 3.05. The Hall–Kier alpha value is -2.89. The molecular weight excluding hydrogens is 292 g/mol. The van der Waals surface area contributed by atoms with Crippen molar-refractivity contribution >= 4 is 5.97 Å². The quantitative estimate of drug-likeness (QED) is 0.755. The molecule has 23 heavy (non-hydrogen) atoms. The van der Waals surface area contributed by atoms with Gasteiger partial charge in [-0.05, 0) is 31.9 Å². The van der Waals surface area contributed by atoms with E-state index in [1.807, 2.05) is 41.2 Å². The molecule has 0 saturated heterocycles. The standard InChI is InChI=1S/C17H16N4O2/c1-2-23-17(22)16-12-8-9-14-13(15(12)19-20-16)10-18-21(14)11-6-4-3-5-7-11/h3-7,10H,2,8-9H2,1H3,(H,19,20). The van der Waals surface area contributed by atoms with E-state index >= 15 is 0 Å². The summed E-state index contributed by atoms with van der Waals surface area (Å²) in [6.07, 6.45) is 3.37. The van der Waals surface area contributed by atoms with E-state index in [0.29, 0.717) is 12.3 Å². The van der Waals surface area contributed by atoms with Crippen molar-refractivity contribution in [2.45, 2.75) is 19.8 Å². The molecule has 116 valence electrons. The number of nitrogens with zero attached hydrogens (tertiary/aromatic N) is 3. The summed E-state index contributed by atoms with van der Waals surface area (Å²) in [4.78, 5) is 12.0. The summed E-state index contributed by atoms with van der Waals surface area (Å²) >= 11 is 0. The van der Waals surface area contributed by atoms with Crippen LogP contribution in [0.3, 0.4) is 0 Å². The number of carbonyl (C=O) groups is 1. The van der Waals surface area contributed by atoms with Gasteiger partial charge in [-0.3, -0.25) is 5.10 Å². The van der Waals surface area contributed by atoms with Gasteiger partial charge in [-0.1, -0.05) is 18.2 Å². The van der Waals surface area contributed by atoms with Crippen LogP contribution in [0.5, 0.6) is 0 Å². The summed E-state index contributed by atoms with van der Waals surface area (Å²) in [6, 6.07) is 10.0. The van der Waals surface area contributed by atoms with Gasteiger partial charge in [0.1, 0.15) is 5.69 Å². The number of aromatic nitrogens is 4. The maximum atomic E-state index is 12.0. The molecule has 1 N–H and O–H groups in total. The van der Waals surface area contributed by atoms with Gasteiger partial charge < -0.3 is 4.74 Å². The molecular formula is C17H16N4O2. The lowest BCUT2D eigenvalue weighted by atomic mass is 9.94. The van der Waals surface area contributed by atoms with E-state index in [9.17, 15) is 4.79 Å². The molecule has 1 aromatic carbocycles. The zero-order valence-electron chi connectivity index (χ0n) is 12.7. The Morgan fingerprint density at radius 3 is 2.91 bits per heavy atom. The van der Waals surface area contributed by atoms with Crippen molar-refractivity contribution in [3.8, 4) is 16.9 Å². The van der Waals surface area contributed by atoms with E-state index in [1.54, 1.807) is 6.92 Å². The molecule has 0 unspecified atom stereocenters. The van der Waals surface area contributed by atoms with E-state index < -0.39 is 0 Å². The number of fused-ring (bicyclic) bond motifs is 3. The minimum absolute atomic E-state index is 0.347. The first-order chi connectivity index (χ1) is 11.3. The van der Waals surface area contributed by atoms with Crippen LogP contribution in [0.2, 0.25) is 0 Å². The Labute approximate surface area is 133 Å². The van der Waals surface area contributed by atoms with Crippen LogP contribution in [0.4, 0.5) is 0 Å². The van der Waals surface area contributed by atoms with Crippen molar-refractivity contribution in [3.63, 3.8) is 0 Å². The molecule has 0 radical (unpaired) electrons. The summed E-state index contributed by atoms with van der Waals surface area (Å²) in [7, 11) is 0. The van der Waals surface area contributed by atoms with Gasteiger partial charge in [0.25, 0.3) is 0 Å². The van der Waals surface area contributed by atoms with Crippen molar-refractivity contribution in [2.24, 2.45) is 0 Å². The molecule has 2 aromatic heterocycles. The topological polar surface area (TPSA) is 72.8 Å². The Balaban J connectivity index is 1.78. The third kappa shape index (κ3) is 2.14. The first-order valence-corrected chi connectivity index (χ1v) is 7.66. The number of para-hydroxylation sites is 1. The van der Waals surface area contributed by atoms with E-state index in [4.69, 9.17) is 4.74 Å². The summed E-state index contributed by atoms with van der Waals surface area (Å²) < 4.78 is 7.03. The molecule has 0 bridgehead atoms. The lowest BCUT2D eigenvalue weighted by Crippen LogP contribution is -2.12. The normalized spacial score (nSPS) is 12.6. The van der Waals surface area contributed by atoms with Crippen LogP contribution < -0.4 is 0 Å². The number of nitrogens with one attached hydrogen (secondary N) is 1. The van der Waals surface area contributed by atoms with Crippen LogP contribution in [-0.4, -0.2) is 32.6 Å². The first kappa shape index (κ1) is 13.8. The van der Waals surface area contributed by atoms with E-state index in [-0.39, 0.29) is 5.97 Å². The van der Waals surface area contributed by atoms with Gasteiger partial charge in [-0.15, -0.1) is 0 Å². The van der Waals surface area contributed by atoms with E-state index in [1.165, 1.54) is 0 Å². The van der Waals surface area contributed by atoms with Gasteiger partial charge >= 0.3 is 5.97 Å². The maximum Gasteiger partial charge on any atom is 0.356 e. The summed E-state index contributed by atoms with van der Waals surface area (Å²) in [5.74, 6) is -0.347. The minimum Gasteiger partial charge on any atom is -0.461 e. The van der Waals surface area contributed by atoms with Crippen molar-refractivity contribution in [1.82, 2.24) is 20.0 Å². The predicted molar refractivity (Wildman–Crippen MR) is 84.5 cm³/mol. The highest BCUT2D eigenvalue weighted by molar-refractivity contribution is 5.91. The molecule has 0 fully saturated rings. The number of aromatic amines is 1. The summed E-state index contributed by atoms with van der Waals surface area (Å²) in [6.45, 7) is 2.15. The van der Waals surface area contributed by atoms with Gasteiger partial charge in [0.05, 0.1) is 29.9 Å². The maximum absolute atomic E-state index is 12.0. The smallest absolute Gasteiger partial charge is 0.356 e. The summed E-state index contributed by atoms with van der Waals surface area (Å²) in [5.41, 5.74) is 5.30. The predicted octanol–water partition coefficient (Wildman–Crippen LogP) is 2.54. The molecule has 6 nitrogen and oxygen atoms in total. The van der Waals surface area contributed by atoms with Crippen molar-refractivity contribution in [3.05, 3.63) is 53.5 Å². The molecule has 1 aliphatic carbocycles. The molecule has 0 aliphatic heterocycles. The third-order valence-corrected chi connectivity index (χ3v) is 4.08. The monoisotopic (exact) mass is 308 g/mol. The molecule has 0 saturated carbocycles. The first-order valence-electron chi connectivity index (χ1n) is 7.66. The number of rotatable bonds is 3. The van der Waals surface area contributed by atoms with Crippen LogP contribution in [0.1, 0.15) is 28.7 Å². The number of carbonyl (C=O) groups excluding carboxylic acids is 1. The lowest BCUT2D eigenvalue weighted by Gasteiger charge is -2.14. The van der Waals surface area contributed by atoms with Crippen molar-refractivity contribution in [2.75, 3.05) is 6.61 Å². The fourth-order valence-corrected chi connectivity index (χ4v) is 3.05. The molecule has 4 rings (SSSR count).